The van der Waals surface area contributed by atoms with Gasteiger partial charge in [-0.15, -0.1) is 0 Å². The van der Waals surface area contributed by atoms with Gasteiger partial charge in [-0.2, -0.15) is 0 Å². The van der Waals surface area contributed by atoms with Gasteiger partial charge in [0, 0.05) is 11.4 Å². The Bertz CT molecular complexity index is 919. The zero-order valence-corrected chi connectivity index (χ0v) is 13.7. The van der Waals surface area contributed by atoms with E-state index >= 15 is 0 Å². The van der Waals surface area contributed by atoms with Gasteiger partial charge in [0.15, 0.2) is 0 Å². The third kappa shape index (κ3) is 2.76. The smallest absolute Gasteiger partial charge is 0.262 e. The minimum absolute atomic E-state index is 0.0764. The average molecular weight is 332 g/mol. The van der Waals surface area contributed by atoms with E-state index in [-0.39, 0.29) is 11.7 Å². The first-order chi connectivity index (χ1) is 12.1. The van der Waals surface area contributed by atoms with Crippen LogP contribution in [0.4, 0.5) is 15.8 Å². The lowest BCUT2D eigenvalue weighted by molar-refractivity contribution is 0.0975. The highest BCUT2D eigenvalue weighted by atomic mass is 19.1. The molecule has 0 fully saturated rings. The van der Waals surface area contributed by atoms with Crippen LogP contribution in [0.15, 0.2) is 72.8 Å². The van der Waals surface area contributed by atoms with Gasteiger partial charge in [-0.1, -0.05) is 42.0 Å². The van der Waals surface area contributed by atoms with Gasteiger partial charge in [-0.25, -0.2) is 4.39 Å². The molecular weight excluding hydrogens is 315 g/mol. The van der Waals surface area contributed by atoms with E-state index in [2.05, 4.69) is 5.32 Å². The predicted octanol–water partition coefficient (Wildman–Crippen LogP) is 4.91. The molecule has 1 aliphatic heterocycles. The Labute approximate surface area is 145 Å². The zero-order valence-electron chi connectivity index (χ0n) is 13.7. The van der Waals surface area contributed by atoms with Crippen LogP contribution in [-0.2, 0) is 0 Å². The molecular formula is C21H17FN2O. The van der Waals surface area contributed by atoms with Crippen molar-refractivity contribution in [2.24, 2.45) is 0 Å². The highest BCUT2D eigenvalue weighted by Gasteiger charge is 2.33. The molecule has 3 aromatic rings. The molecule has 0 bridgehead atoms. The number of amides is 1. The molecule has 0 saturated heterocycles. The van der Waals surface area contributed by atoms with Crippen LogP contribution >= 0.6 is 0 Å². The summed E-state index contributed by atoms with van der Waals surface area (Å²) >= 11 is 0. The number of benzene rings is 3. The Kier molecular flexibility index (Phi) is 3.73. The van der Waals surface area contributed by atoms with Crippen molar-refractivity contribution in [2.45, 2.75) is 13.1 Å². The van der Waals surface area contributed by atoms with E-state index in [9.17, 15) is 9.18 Å². The number of hydrogen-bond donors (Lipinski definition) is 1. The Morgan fingerprint density at radius 3 is 2.32 bits per heavy atom. The van der Waals surface area contributed by atoms with Crippen molar-refractivity contribution in [1.29, 1.82) is 0 Å². The second-order valence-corrected chi connectivity index (χ2v) is 6.15. The van der Waals surface area contributed by atoms with Gasteiger partial charge in [0.05, 0.1) is 5.56 Å². The summed E-state index contributed by atoms with van der Waals surface area (Å²) in [5.74, 6) is -0.374. The fourth-order valence-corrected chi connectivity index (χ4v) is 3.10. The molecule has 0 aliphatic carbocycles. The Balaban J connectivity index is 1.85. The monoisotopic (exact) mass is 332 g/mol. The molecule has 0 aromatic heterocycles. The minimum atomic E-state index is -0.397. The fourth-order valence-electron chi connectivity index (χ4n) is 3.10. The highest BCUT2D eigenvalue weighted by molar-refractivity contribution is 6.12. The molecule has 3 nitrogen and oxygen atoms in total. The van der Waals surface area contributed by atoms with E-state index in [0.717, 1.165) is 22.5 Å². The Morgan fingerprint density at radius 2 is 1.60 bits per heavy atom. The lowest BCUT2D eigenvalue weighted by atomic mass is 10.0. The minimum Gasteiger partial charge on any atom is -0.360 e. The number of para-hydroxylation sites is 1. The van der Waals surface area contributed by atoms with Gasteiger partial charge in [-0.05, 0) is 48.9 Å². The second-order valence-electron chi connectivity index (χ2n) is 6.15. The molecule has 25 heavy (non-hydrogen) atoms. The Hall–Kier alpha value is -3.14. The third-order valence-electron chi connectivity index (χ3n) is 4.42. The van der Waals surface area contributed by atoms with Crippen molar-refractivity contribution in [3.63, 3.8) is 0 Å². The van der Waals surface area contributed by atoms with Crippen LogP contribution in [0.25, 0.3) is 0 Å². The van der Waals surface area contributed by atoms with Crippen molar-refractivity contribution < 1.29 is 9.18 Å². The molecule has 0 spiro atoms. The lowest BCUT2D eigenvalue weighted by Crippen LogP contribution is -2.43. The number of nitrogens with one attached hydrogen (secondary N) is 1. The molecule has 1 atom stereocenters. The second kappa shape index (κ2) is 6.06. The number of anilines is 2. The summed E-state index contributed by atoms with van der Waals surface area (Å²) in [6.45, 7) is 2.01. The third-order valence-corrected chi connectivity index (χ3v) is 4.42. The summed E-state index contributed by atoms with van der Waals surface area (Å²) in [6, 6.07) is 21.5. The van der Waals surface area contributed by atoms with Gasteiger partial charge in [0.25, 0.3) is 5.91 Å². The van der Waals surface area contributed by atoms with Crippen LogP contribution in [0, 0.1) is 12.7 Å². The molecule has 0 saturated carbocycles. The summed E-state index contributed by atoms with van der Waals surface area (Å²) in [4.78, 5) is 14.9. The van der Waals surface area contributed by atoms with Gasteiger partial charge in [0.2, 0.25) is 0 Å². The molecule has 4 rings (SSSR count). The van der Waals surface area contributed by atoms with E-state index in [1.54, 1.807) is 17.0 Å². The van der Waals surface area contributed by atoms with E-state index in [0.29, 0.717) is 5.56 Å². The van der Waals surface area contributed by atoms with Crippen LogP contribution in [-0.4, -0.2) is 5.91 Å². The molecule has 1 amide bonds. The largest absolute Gasteiger partial charge is 0.360 e. The van der Waals surface area contributed by atoms with E-state index in [1.165, 1.54) is 12.1 Å². The normalized spacial score (nSPS) is 16.3. The molecule has 4 heteroatoms. The number of nitrogens with zero attached hydrogens (tertiary/aromatic N) is 1. The van der Waals surface area contributed by atoms with E-state index in [1.807, 2.05) is 55.5 Å². The SMILES string of the molecule is Cc1ccc(N2C(=O)c3ccccc3NC2c2ccc(F)cc2)cc1. The summed E-state index contributed by atoms with van der Waals surface area (Å²) in [5.41, 5.74) is 4.16. The van der Waals surface area contributed by atoms with Crippen molar-refractivity contribution in [3.05, 3.63) is 95.3 Å². The van der Waals surface area contributed by atoms with Gasteiger partial charge in [0.1, 0.15) is 12.0 Å². The molecule has 3 aromatic carbocycles. The van der Waals surface area contributed by atoms with Crippen LogP contribution in [0.3, 0.4) is 0 Å². The molecule has 1 heterocycles. The fraction of sp³-hybridized carbons (Fsp3) is 0.0952. The van der Waals surface area contributed by atoms with Crippen molar-refractivity contribution in [1.82, 2.24) is 0 Å². The number of hydrogen-bond acceptors (Lipinski definition) is 2. The number of fused-ring (bicyclic) bond motifs is 1. The first-order valence-electron chi connectivity index (χ1n) is 8.15. The topological polar surface area (TPSA) is 32.3 Å². The van der Waals surface area contributed by atoms with Crippen LogP contribution in [0.1, 0.15) is 27.7 Å². The maximum absolute atomic E-state index is 13.3. The zero-order chi connectivity index (χ0) is 17.4. The van der Waals surface area contributed by atoms with Crippen LogP contribution in [0.5, 0.6) is 0 Å². The van der Waals surface area contributed by atoms with Crippen molar-refractivity contribution >= 4 is 17.3 Å². The van der Waals surface area contributed by atoms with Gasteiger partial charge < -0.3 is 5.32 Å². The summed E-state index contributed by atoms with van der Waals surface area (Å²) in [7, 11) is 0. The first-order valence-corrected chi connectivity index (χ1v) is 8.15. The molecule has 0 radical (unpaired) electrons. The number of aryl methyl sites for hydroxylation is 1. The standard InChI is InChI=1S/C21H17FN2O/c1-14-6-12-17(13-7-14)24-20(15-8-10-16(22)11-9-15)23-19-5-3-2-4-18(19)21(24)25/h2-13,20,23H,1H3. The Morgan fingerprint density at radius 1 is 0.920 bits per heavy atom. The van der Waals surface area contributed by atoms with Crippen LogP contribution < -0.4 is 10.2 Å². The molecule has 124 valence electrons. The van der Waals surface area contributed by atoms with Crippen molar-refractivity contribution in [3.8, 4) is 0 Å². The molecule has 1 aliphatic rings. The van der Waals surface area contributed by atoms with Crippen molar-refractivity contribution in [2.75, 3.05) is 10.2 Å². The molecule has 1 unspecified atom stereocenters. The quantitative estimate of drug-likeness (QED) is 0.723. The number of halogens is 1. The van der Waals surface area contributed by atoms with Crippen LogP contribution in [0.2, 0.25) is 0 Å². The highest BCUT2D eigenvalue weighted by Crippen LogP contribution is 2.36. The summed E-state index contributed by atoms with van der Waals surface area (Å²) < 4.78 is 13.3. The number of carbonyl (C=O) groups excluding carboxylic acids is 1. The predicted molar refractivity (Wildman–Crippen MR) is 97.2 cm³/mol. The lowest BCUT2D eigenvalue weighted by Gasteiger charge is -2.38. The first kappa shape index (κ1) is 15.4. The number of rotatable bonds is 2. The van der Waals surface area contributed by atoms with E-state index < -0.39 is 6.17 Å². The summed E-state index contributed by atoms with van der Waals surface area (Å²) in [6.07, 6.45) is -0.397. The average Bonchev–Trinajstić information content (AvgIpc) is 2.63. The summed E-state index contributed by atoms with van der Waals surface area (Å²) in [5, 5.41) is 3.41. The number of carbonyl (C=O) groups is 1. The molecule has 1 N–H and O–H groups in total. The maximum Gasteiger partial charge on any atom is 0.262 e. The maximum atomic E-state index is 13.3. The van der Waals surface area contributed by atoms with Gasteiger partial charge in [-0.3, -0.25) is 9.69 Å². The van der Waals surface area contributed by atoms with Gasteiger partial charge >= 0.3 is 0 Å². The van der Waals surface area contributed by atoms with E-state index in [4.69, 9.17) is 0 Å².